The van der Waals surface area contributed by atoms with Gasteiger partial charge in [0.2, 0.25) is 0 Å². The normalized spacial score (nSPS) is 17.4. The van der Waals surface area contributed by atoms with E-state index in [2.05, 4.69) is 25.2 Å². The van der Waals surface area contributed by atoms with Gasteiger partial charge in [-0.2, -0.15) is 0 Å². The van der Waals surface area contributed by atoms with Gasteiger partial charge < -0.3 is 5.32 Å². The van der Waals surface area contributed by atoms with Crippen LogP contribution in [0.2, 0.25) is 0 Å². The first-order valence-corrected chi connectivity index (χ1v) is 5.90. The third-order valence-corrected chi connectivity index (χ3v) is 2.99. The maximum Gasteiger partial charge on any atom is 0.107 e. The molecule has 0 radical (unpaired) electrons. The zero-order valence-corrected chi connectivity index (χ0v) is 9.63. The minimum absolute atomic E-state index is 0.875. The van der Waals surface area contributed by atoms with Crippen molar-refractivity contribution < 1.29 is 0 Å². The number of pyridine rings is 1. The first kappa shape index (κ1) is 10.6. The molecule has 0 atom stereocenters. The summed E-state index contributed by atoms with van der Waals surface area (Å²) in [6.07, 6.45) is 5.38. The molecule has 0 saturated carbocycles. The summed E-state index contributed by atoms with van der Waals surface area (Å²) in [4.78, 5) is 15.5. The zero-order valence-electron chi connectivity index (χ0n) is 9.63. The molecule has 3 rings (SSSR count). The van der Waals surface area contributed by atoms with E-state index in [1.807, 2.05) is 12.3 Å². The lowest BCUT2D eigenvalue weighted by Gasteiger charge is -2.26. The molecule has 0 aliphatic carbocycles. The molecule has 0 spiro atoms. The lowest BCUT2D eigenvalue weighted by Crippen LogP contribution is -2.43. The Bertz CT molecular complexity index is 507. The van der Waals surface area contributed by atoms with E-state index in [9.17, 15) is 0 Å². The highest BCUT2D eigenvalue weighted by molar-refractivity contribution is 5.72. The maximum absolute atomic E-state index is 4.58. The van der Waals surface area contributed by atoms with Crippen molar-refractivity contribution in [2.45, 2.75) is 6.54 Å². The molecule has 1 aliphatic heterocycles. The van der Waals surface area contributed by atoms with Crippen molar-refractivity contribution >= 4 is 11.0 Å². The van der Waals surface area contributed by atoms with Gasteiger partial charge in [0.15, 0.2) is 0 Å². The van der Waals surface area contributed by atoms with E-state index in [1.54, 1.807) is 12.4 Å². The molecule has 2 aromatic heterocycles. The Morgan fingerprint density at radius 1 is 1.18 bits per heavy atom. The van der Waals surface area contributed by atoms with Gasteiger partial charge in [0.1, 0.15) is 5.52 Å². The summed E-state index contributed by atoms with van der Waals surface area (Å²) >= 11 is 0. The van der Waals surface area contributed by atoms with E-state index in [1.165, 1.54) is 0 Å². The fourth-order valence-electron chi connectivity index (χ4n) is 2.08. The average molecular weight is 229 g/mol. The lowest BCUT2D eigenvalue weighted by molar-refractivity contribution is 0.230. The number of hydrogen-bond donors (Lipinski definition) is 1. The third kappa shape index (κ3) is 2.40. The Morgan fingerprint density at radius 3 is 2.94 bits per heavy atom. The smallest absolute Gasteiger partial charge is 0.107 e. The first-order valence-electron chi connectivity index (χ1n) is 5.90. The molecule has 0 amide bonds. The molecule has 1 N–H and O–H groups in total. The number of nitrogens with zero attached hydrogens (tertiary/aromatic N) is 4. The van der Waals surface area contributed by atoms with Crippen molar-refractivity contribution in [2.24, 2.45) is 0 Å². The fraction of sp³-hybridized carbons (Fsp3) is 0.417. The SMILES string of the molecule is c1cc2ncc(CN3CCNCC3)nc2cn1. The van der Waals surface area contributed by atoms with Gasteiger partial charge in [-0.15, -0.1) is 0 Å². The summed E-state index contributed by atoms with van der Waals surface area (Å²) < 4.78 is 0. The molecule has 5 heteroatoms. The Balaban J connectivity index is 1.80. The number of nitrogens with one attached hydrogen (secondary N) is 1. The number of hydrogen-bond acceptors (Lipinski definition) is 5. The van der Waals surface area contributed by atoms with Gasteiger partial charge >= 0.3 is 0 Å². The van der Waals surface area contributed by atoms with Gasteiger partial charge in [0.25, 0.3) is 0 Å². The van der Waals surface area contributed by atoms with Crippen LogP contribution in [0.15, 0.2) is 24.7 Å². The van der Waals surface area contributed by atoms with Crippen LogP contribution in [-0.4, -0.2) is 46.0 Å². The highest BCUT2D eigenvalue weighted by Crippen LogP contribution is 2.08. The molecule has 0 bridgehead atoms. The Labute approximate surface area is 99.9 Å². The standard InChI is InChI=1S/C12H15N5/c1-2-14-8-12-11(1)15-7-10(16-12)9-17-5-3-13-4-6-17/h1-2,7-8,13H,3-6,9H2. The summed E-state index contributed by atoms with van der Waals surface area (Å²) in [5, 5.41) is 3.34. The number of aromatic nitrogens is 3. The van der Waals surface area contributed by atoms with Gasteiger partial charge in [0, 0.05) is 38.9 Å². The molecule has 17 heavy (non-hydrogen) atoms. The monoisotopic (exact) mass is 229 g/mol. The summed E-state index contributed by atoms with van der Waals surface area (Å²) in [7, 11) is 0. The number of fused-ring (bicyclic) bond motifs is 1. The molecule has 0 aromatic carbocycles. The minimum atomic E-state index is 0.875. The van der Waals surface area contributed by atoms with E-state index in [0.717, 1.165) is 49.5 Å². The van der Waals surface area contributed by atoms with Gasteiger partial charge in [0.05, 0.1) is 23.6 Å². The summed E-state index contributed by atoms with van der Waals surface area (Å²) in [6.45, 7) is 5.14. The maximum atomic E-state index is 4.58. The predicted molar refractivity (Wildman–Crippen MR) is 65.5 cm³/mol. The van der Waals surface area contributed by atoms with Crippen molar-refractivity contribution in [3.8, 4) is 0 Å². The van der Waals surface area contributed by atoms with Crippen LogP contribution in [0.3, 0.4) is 0 Å². The molecule has 88 valence electrons. The van der Waals surface area contributed by atoms with Crippen molar-refractivity contribution in [3.05, 3.63) is 30.4 Å². The van der Waals surface area contributed by atoms with E-state index < -0.39 is 0 Å². The summed E-state index contributed by atoms with van der Waals surface area (Å²) in [5.41, 5.74) is 2.80. The Kier molecular flexibility index (Phi) is 2.94. The van der Waals surface area contributed by atoms with Crippen molar-refractivity contribution in [2.75, 3.05) is 26.2 Å². The molecule has 3 heterocycles. The van der Waals surface area contributed by atoms with Crippen LogP contribution in [0.25, 0.3) is 11.0 Å². The van der Waals surface area contributed by atoms with Crippen LogP contribution in [0.5, 0.6) is 0 Å². The van der Waals surface area contributed by atoms with Crippen LogP contribution >= 0.6 is 0 Å². The Morgan fingerprint density at radius 2 is 2.06 bits per heavy atom. The molecule has 1 fully saturated rings. The second-order valence-corrected chi connectivity index (χ2v) is 4.25. The molecule has 0 unspecified atom stereocenters. The van der Waals surface area contributed by atoms with Crippen LogP contribution in [0.1, 0.15) is 5.69 Å². The molecular weight excluding hydrogens is 214 g/mol. The predicted octanol–water partition coefficient (Wildman–Crippen LogP) is 0.430. The van der Waals surface area contributed by atoms with Crippen molar-refractivity contribution in [3.63, 3.8) is 0 Å². The van der Waals surface area contributed by atoms with Gasteiger partial charge in [-0.1, -0.05) is 0 Å². The van der Waals surface area contributed by atoms with Gasteiger partial charge in [-0.3, -0.25) is 14.9 Å². The van der Waals surface area contributed by atoms with Crippen molar-refractivity contribution in [1.29, 1.82) is 0 Å². The second-order valence-electron chi connectivity index (χ2n) is 4.25. The lowest BCUT2D eigenvalue weighted by atomic mass is 10.3. The van der Waals surface area contributed by atoms with E-state index in [4.69, 9.17) is 0 Å². The fourth-order valence-corrected chi connectivity index (χ4v) is 2.08. The number of piperazine rings is 1. The molecule has 1 aliphatic rings. The van der Waals surface area contributed by atoms with Crippen LogP contribution in [-0.2, 0) is 6.54 Å². The summed E-state index contributed by atoms with van der Waals surface area (Å²) in [6, 6.07) is 1.89. The minimum Gasteiger partial charge on any atom is -0.314 e. The summed E-state index contributed by atoms with van der Waals surface area (Å²) in [5.74, 6) is 0. The van der Waals surface area contributed by atoms with Crippen LogP contribution < -0.4 is 5.32 Å². The second kappa shape index (κ2) is 4.73. The number of rotatable bonds is 2. The van der Waals surface area contributed by atoms with E-state index in [-0.39, 0.29) is 0 Å². The Hall–Kier alpha value is -1.59. The van der Waals surface area contributed by atoms with E-state index in [0.29, 0.717) is 0 Å². The third-order valence-electron chi connectivity index (χ3n) is 2.99. The molecule has 1 saturated heterocycles. The van der Waals surface area contributed by atoms with E-state index >= 15 is 0 Å². The quantitative estimate of drug-likeness (QED) is 0.809. The van der Waals surface area contributed by atoms with Crippen LogP contribution in [0, 0.1) is 0 Å². The van der Waals surface area contributed by atoms with Crippen molar-refractivity contribution in [1.82, 2.24) is 25.2 Å². The van der Waals surface area contributed by atoms with Gasteiger partial charge in [-0.05, 0) is 6.07 Å². The molecule has 2 aromatic rings. The molecular formula is C12H15N5. The highest BCUT2D eigenvalue weighted by Gasteiger charge is 2.10. The topological polar surface area (TPSA) is 53.9 Å². The average Bonchev–Trinajstić information content (AvgIpc) is 2.40. The largest absolute Gasteiger partial charge is 0.314 e. The zero-order chi connectivity index (χ0) is 11.5. The molecule has 5 nitrogen and oxygen atoms in total. The van der Waals surface area contributed by atoms with Gasteiger partial charge in [-0.25, -0.2) is 4.98 Å². The van der Waals surface area contributed by atoms with Crippen LogP contribution in [0.4, 0.5) is 0 Å². The first-order chi connectivity index (χ1) is 8.42. The highest BCUT2D eigenvalue weighted by atomic mass is 15.2.